The van der Waals surface area contributed by atoms with Crippen molar-refractivity contribution in [3.05, 3.63) is 71.5 Å². The van der Waals surface area contributed by atoms with Crippen molar-refractivity contribution in [2.75, 3.05) is 0 Å². The third kappa shape index (κ3) is 3.98. The van der Waals surface area contributed by atoms with Crippen LogP contribution < -0.4 is 0 Å². The molecule has 0 saturated heterocycles. The summed E-state index contributed by atoms with van der Waals surface area (Å²) in [7, 11) is 0. The largest absolute Gasteiger partial charge is 0.478 e. The molecule has 0 aliphatic carbocycles. The first-order chi connectivity index (χ1) is 11.4. The van der Waals surface area contributed by atoms with E-state index in [-0.39, 0.29) is 16.9 Å². The van der Waals surface area contributed by atoms with Gasteiger partial charge >= 0.3 is 17.9 Å². The molecule has 0 aliphatic rings. The van der Waals surface area contributed by atoms with Crippen molar-refractivity contribution in [3.63, 3.8) is 0 Å². The number of rotatable bonds is 3. The predicted octanol–water partition coefficient (Wildman–Crippen LogP) is 3.21. The third-order valence-corrected chi connectivity index (χ3v) is 2.99. The van der Waals surface area contributed by atoms with Crippen LogP contribution in [-0.2, 0) is 0 Å². The summed E-state index contributed by atoms with van der Waals surface area (Å²) in [6.07, 6.45) is 0. The maximum Gasteiger partial charge on any atom is 0.371 e. The van der Waals surface area contributed by atoms with Crippen molar-refractivity contribution in [3.8, 4) is 0 Å². The van der Waals surface area contributed by atoms with Crippen LogP contribution in [0.25, 0.3) is 11.0 Å². The van der Waals surface area contributed by atoms with Crippen molar-refractivity contribution < 1.29 is 34.1 Å². The second-order valence-electron chi connectivity index (χ2n) is 4.64. The van der Waals surface area contributed by atoms with Crippen LogP contribution in [0, 0.1) is 0 Å². The molecule has 0 unspecified atom stereocenters. The maximum absolute atomic E-state index is 10.5. The first-order valence-corrected chi connectivity index (χ1v) is 6.67. The van der Waals surface area contributed by atoms with E-state index in [1.807, 2.05) is 12.1 Å². The molecule has 24 heavy (non-hydrogen) atoms. The molecule has 1 heterocycles. The number of benzene rings is 2. The van der Waals surface area contributed by atoms with Gasteiger partial charge in [-0.15, -0.1) is 0 Å². The summed E-state index contributed by atoms with van der Waals surface area (Å²) >= 11 is 0. The Labute approximate surface area is 135 Å². The van der Waals surface area contributed by atoms with E-state index in [1.165, 1.54) is 24.3 Å². The van der Waals surface area contributed by atoms with Gasteiger partial charge in [-0.1, -0.05) is 24.3 Å². The fourth-order valence-electron chi connectivity index (χ4n) is 1.87. The molecule has 7 heteroatoms. The van der Waals surface area contributed by atoms with Crippen molar-refractivity contribution in [1.82, 2.24) is 0 Å². The highest BCUT2D eigenvalue weighted by molar-refractivity contribution is 5.93. The molecule has 3 N–H and O–H groups in total. The summed E-state index contributed by atoms with van der Waals surface area (Å²) in [4.78, 5) is 31.2. The molecule has 0 saturated carbocycles. The fraction of sp³-hybridized carbons (Fsp3) is 0. The molecule has 2 aromatic carbocycles. The lowest BCUT2D eigenvalue weighted by atomic mass is 10.1. The summed E-state index contributed by atoms with van der Waals surface area (Å²) in [5, 5.41) is 26.4. The van der Waals surface area contributed by atoms with E-state index in [2.05, 4.69) is 0 Å². The van der Waals surface area contributed by atoms with E-state index in [0.717, 1.165) is 11.5 Å². The van der Waals surface area contributed by atoms with Gasteiger partial charge in [0.15, 0.2) is 0 Å². The molecule has 0 bridgehead atoms. The predicted molar refractivity (Wildman–Crippen MR) is 83.5 cm³/mol. The van der Waals surface area contributed by atoms with Crippen LogP contribution in [0.4, 0.5) is 0 Å². The monoisotopic (exact) mass is 328 g/mol. The Morgan fingerprint density at radius 2 is 1.29 bits per heavy atom. The molecule has 3 rings (SSSR count). The van der Waals surface area contributed by atoms with Gasteiger partial charge in [-0.2, -0.15) is 0 Å². The van der Waals surface area contributed by atoms with Gasteiger partial charge in [0.25, 0.3) is 0 Å². The highest BCUT2D eigenvalue weighted by atomic mass is 16.4. The van der Waals surface area contributed by atoms with E-state index >= 15 is 0 Å². The third-order valence-electron chi connectivity index (χ3n) is 2.99. The molecule has 3 aromatic rings. The van der Waals surface area contributed by atoms with Crippen LogP contribution >= 0.6 is 0 Å². The van der Waals surface area contributed by atoms with E-state index < -0.39 is 17.9 Å². The van der Waals surface area contributed by atoms with Gasteiger partial charge in [0.2, 0.25) is 5.76 Å². The highest BCUT2D eigenvalue weighted by Crippen LogP contribution is 2.18. The van der Waals surface area contributed by atoms with Gasteiger partial charge in [0.1, 0.15) is 5.58 Å². The van der Waals surface area contributed by atoms with E-state index in [1.54, 1.807) is 12.1 Å². The van der Waals surface area contributed by atoms with Gasteiger partial charge in [0.05, 0.1) is 11.1 Å². The number of furan rings is 1. The SMILES string of the molecule is O=C(O)c1cc2ccccc2o1.O=C(O)c1cccc(C(=O)O)c1. The summed E-state index contributed by atoms with van der Waals surface area (Å²) in [6.45, 7) is 0. The van der Waals surface area contributed by atoms with Gasteiger partial charge < -0.3 is 19.7 Å². The quantitative estimate of drug-likeness (QED) is 0.674. The Morgan fingerprint density at radius 3 is 1.79 bits per heavy atom. The molecule has 0 radical (unpaired) electrons. The zero-order valence-electron chi connectivity index (χ0n) is 12.2. The second-order valence-corrected chi connectivity index (χ2v) is 4.64. The van der Waals surface area contributed by atoms with Gasteiger partial charge in [-0.25, -0.2) is 14.4 Å². The smallest absolute Gasteiger partial charge is 0.371 e. The topological polar surface area (TPSA) is 125 Å². The molecule has 1 aromatic heterocycles. The average Bonchev–Trinajstić information content (AvgIpc) is 3.00. The van der Waals surface area contributed by atoms with Crippen LogP contribution in [-0.4, -0.2) is 33.2 Å². The number of carbonyl (C=O) groups is 3. The second kappa shape index (κ2) is 7.10. The number of aromatic carboxylic acids is 3. The number of hydrogen-bond acceptors (Lipinski definition) is 4. The summed E-state index contributed by atoms with van der Waals surface area (Å²) in [6, 6.07) is 13.9. The van der Waals surface area contributed by atoms with Crippen LogP contribution in [0.5, 0.6) is 0 Å². The molecule has 7 nitrogen and oxygen atoms in total. The first-order valence-electron chi connectivity index (χ1n) is 6.67. The van der Waals surface area contributed by atoms with E-state index in [0.29, 0.717) is 5.58 Å². The Kier molecular flexibility index (Phi) is 4.96. The van der Waals surface area contributed by atoms with Gasteiger partial charge in [0, 0.05) is 5.39 Å². The Bertz CT molecular complexity index is 846. The molecular formula is C17H12O7. The minimum Gasteiger partial charge on any atom is -0.478 e. The summed E-state index contributed by atoms with van der Waals surface area (Å²) < 4.78 is 5.03. The number of carboxylic acids is 3. The lowest BCUT2D eigenvalue weighted by molar-refractivity contribution is 0.0659. The number of para-hydroxylation sites is 1. The zero-order chi connectivity index (χ0) is 17.7. The molecule has 0 atom stereocenters. The van der Waals surface area contributed by atoms with Crippen molar-refractivity contribution in [1.29, 1.82) is 0 Å². The standard InChI is InChI=1S/C9H6O3.C8H6O4/c10-9(11)8-5-6-3-1-2-4-7(6)12-8;9-7(10)5-2-1-3-6(4-5)8(11)12/h1-5H,(H,10,11);1-4H,(H,9,10)(H,11,12). The summed E-state index contributed by atoms with van der Waals surface area (Å²) in [5.41, 5.74) is 0.569. The molecule has 0 fully saturated rings. The number of carboxylic acid groups (broad SMARTS) is 3. The fourth-order valence-corrected chi connectivity index (χ4v) is 1.87. The zero-order valence-corrected chi connectivity index (χ0v) is 12.2. The molecule has 122 valence electrons. The lowest BCUT2D eigenvalue weighted by Crippen LogP contribution is -2.01. The van der Waals surface area contributed by atoms with Crippen LogP contribution in [0.1, 0.15) is 31.3 Å². The van der Waals surface area contributed by atoms with E-state index in [9.17, 15) is 14.4 Å². The Hall–Kier alpha value is -3.61. The van der Waals surface area contributed by atoms with Crippen LogP contribution in [0.15, 0.2) is 59.0 Å². The number of fused-ring (bicyclic) bond motifs is 1. The highest BCUT2D eigenvalue weighted by Gasteiger charge is 2.08. The van der Waals surface area contributed by atoms with E-state index in [4.69, 9.17) is 19.7 Å². The Morgan fingerprint density at radius 1 is 0.708 bits per heavy atom. The molecule has 0 spiro atoms. The number of hydrogen-bond donors (Lipinski definition) is 3. The minimum atomic E-state index is -1.13. The lowest BCUT2D eigenvalue weighted by Gasteiger charge is -1.95. The molecular weight excluding hydrogens is 316 g/mol. The Balaban J connectivity index is 0.000000174. The van der Waals surface area contributed by atoms with Gasteiger partial charge in [-0.3, -0.25) is 0 Å². The van der Waals surface area contributed by atoms with Crippen LogP contribution in [0.2, 0.25) is 0 Å². The first kappa shape index (κ1) is 16.8. The summed E-state index contributed by atoms with van der Waals surface area (Å²) in [5.74, 6) is -3.31. The van der Waals surface area contributed by atoms with Crippen molar-refractivity contribution in [2.45, 2.75) is 0 Å². The average molecular weight is 328 g/mol. The van der Waals surface area contributed by atoms with Crippen molar-refractivity contribution in [2.24, 2.45) is 0 Å². The van der Waals surface area contributed by atoms with Crippen LogP contribution in [0.3, 0.4) is 0 Å². The maximum atomic E-state index is 10.5. The normalized spacial score (nSPS) is 9.83. The van der Waals surface area contributed by atoms with Crippen molar-refractivity contribution >= 4 is 28.9 Å². The molecule has 0 aliphatic heterocycles. The van der Waals surface area contributed by atoms with Gasteiger partial charge in [-0.05, 0) is 30.3 Å². The molecule has 0 amide bonds. The minimum absolute atomic E-state index is 0.0174.